The largest absolute Gasteiger partial charge is 0.385 e. The molecule has 1 rings (SSSR count). The number of carbonyl (C=O) groups is 1. The molecule has 0 amide bonds. The number of rotatable bonds is 6. The Morgan fingerprint density at radius 2 is 2.14 bits per heavy atom. The number of hydrogen-bond acceptors (Lipinski definition) is 3. The summed E-state index contributed by atoms with van der Waals surface area (Å²) in [7, 11) is 1.68. The second-order valence-corrected chi connectivity index (χ2v) is 5.12. The fourth-order valence-corrected chi connectivity index (χ4v) is 2.99. The van der Waals surface area contributed by atoms with Gasteiger partial charge in [-0.15, -0.1) is 0 Å². The predicted molar refractivity (Wildman–Crippen MR) is 60.8 cm³/mol. The van der Waals surface area contributed by atoms with Crippen LogP contribution in [0.2, 0.25) is 0 Å². The fraction of sp³-hybridized carbons (Fsp3) is 0.909. The van der Waals surface area contributed by atoms with E-state index in [0.717, 1.165) is 12.8 Å². The van der Waals surface area contributed by atoms with Gasteiger partial charge >= 0.3 is 0 Å². The van der Waals surface area contributed by atoms with Crippen LogP contribution in [0.3, 0.4) is 0 Å². The van der Waals surface area contributed by atoms with Crippen molar-refractivity contribution in [1.29, 1.82) is 0 Å². The van der Waals surface area contributed by atoms with Crippen molar-refractivity contribution in [3.63, 3.8) is 0 Å². The quantitative estimate of drug-likeness (QED) is 0.638. The minimum atomic E-state index is 0.430. The Labute approximate surface area is 90.8 Å². The molecule has 1 heterocycles. The number of ketones is 1. The van der Waals surface area contributed by atoms with Crippen molar-refractivity contribution in [2.24, 2.45) is 5.92 Å². The second kappa shape index (κ2) is 7.30. The molecule has 0 atom stereocenters. The molecular formula is C11H20O2S. The molecule has 0 spiro atoms. The molecule has 1 aliphatic rings. The van der Waals surface area contributed by atoms with Gasteiger partial charge in [0.2, 0.25) is 0 Å². The highest BCUT2D eigenvalue weighted by molar-refractivity contribution is 7.99. The van der Waals surface area contributed by atoms with E-state index >= 15 is 0 Å². The number of ether oxygens (including phenoxy) is 1. The lowest BCUT2D eigenvalue weighted by Gasteiger charge is -2.20. The van der Waals surface area contributed by atoms with Crippen LogP contribution in [0.5, 0.6) is 0 Å². The van der Waals surface area contributed by atoms with Gasteiger partial charge in [0, 0.05) is 26.6 Å². The minimum Gasteiger partial charge on any atom is -0.385 e. The van der Waals surface area contributed by atoms with Crippen LogP contribution in [0.25, 0.3) is 0 Å². The first kappa shape index (κ1) is 12.1. The van der Waals surface area contributed by atoms with Gasteiger partial charge in [0.15, 0.2) is 0 Å². The zero-order chi connectivity index (χ0) is 10.2. The molecule has 0 aromatic carbocycles. The van der Waals surface area contributed by atoms with Crippen LogP contribution < -0.4 is 0 Å². The third-order valence-corrected chi connectivity index (χ3v) is 3.71. The first-order valence-corrected chi connectivity index (χ1v) is 6.56. The number of methoxy groups -OCH3 is 1. The van der Waals surface area contributed by atoms with Gasteiger partial charge in [0.1, 0.15) is 5.78 Å². The Balaban J connectivity index is 2.06. The summed E-state index contributed by atoms with van der Waals surface area (Å²) in [5.74, 6) is 3.59. The fourth-order valence-electron chi connectivity index (χ4n) is 1.79. The van der Waals surface area contributed by atoms with E-state index in [0.29, 0.717) is 24.7 Å². The summed E-state index contributed by atoms with van der Waals surface area (Å²) < 4.78 is 4.93. The third-order valence-electron chi connectivity index (χ3n) is 2.66. The highest BCUT2D eigenvalue weighted by atomic mass is 32.2. The average molecular weight is 216 g/mol. The molecular weight excluding hydrogens is 196 g/mol. The van der Waals surface area contributed by atoms with E-state index in [2.05, 4.69) is 0 Å². The SMILES string of the molecule is COCCCC(=O)CC1CCSCC1. The third kappa shape index (κ3) is 5.01. The summed E-state index contributed by atoms with van der Waals surface area (Å²) in [5.41, 5.74) is 0. The molecule has 0 aromatic heterocycles. The Bertz CT molecular complexity index is 165. The van der Waals surface area contributed by atoms with E-state index in [4.69, 9.17) is 4.74 Å². The van der Waals surface area contributed by atoms with Crippen molar-refractivity contribution in [2.75, 3.05) is 25.2 Å². The summed E-state index contributed by atoms with van der Waals surface area (Å²) in [6.07, 6.45) is 4.87. The Morgan fingerprint density at radius 1 is 1.43 bits per heavy atom. The van der Waals surface area contributed by atoms with E-state index in [1.54, 1.807) is 7.11 Å². The van der Waals surface area contributed by atoms with Crippen molar-refractivity contribution in [3.05, 3.63) is 0 Å². The van der Waals surface area contributed by atoms with E-state index < -0.39 is 0 Å². The molecule has 0 aliphatic carbocycles. The van der Waals surface area contributed by atoms with E-state index in [1.807, 2.05) is 11.8 Å². The van der Waals surface area contributed by atoms with Crippen LogP contribution in [-0.4, -0.2) is 31.0 Å². The van der Waals surface area contributed by atoms with Gasteiger partial charge in [-0.05, 0) is 36.7 Å². The molecule has 2 nitrogen and oxygen atoms in total. The highest BCUT2D eigenvalue weighted by Gasteiger charge is 2.16. The normalized spacial score (nSPS) is 18.4. The summed E-state index contributed by atoms with van der Waals surface area (Å²) in [5, 5.41) is 0. The Kier molecular flexibility index (Phi) is 6.28. The molecule has 0 aromatic rings. The number of carbonyl (C=O) groups excluding carboxylic acids is 1. The van der Waals surface area contributed by atoms with E-state index in [-0.39, 0.29) is 0 Å². The van der Waals surface area contributed by atoms with Crippen LogP contribution >= 0.6 is 11.8 Å². The standard InChI is InChI=1S/C11H20O2S/c1-13-6-2-3-11(12)9-10-4-7-14-8-5-10/h10H,2-9H2,1H3. The zero-order valence-corrected chi connectivity index (χ0v) is 9.78. The van der Waals surface area contributed by atoms with Crippen molar-refractivity contribution >= 4 is 17.5 Å². The number of thioether (sulfide) groups is 1. The predicted octanol–water partition coefficient (Wildman–Crippen LogP) is 2.52. The first-order chi connectivity index (χ1) is 6.83. The van der Waals surface area contributed by atoms with Gasteiger partial charge in [0.25, 0.3) is 0 Å². The lowest BCUT2D eigenvalue weighted by atomic mass is 9.95. The first-order valence-electron chi connectivity index (χ1n) is 5.41. The van der Waals surface area contributed by atoms with Crippen molar-refractivity contribution < 1.29 is 9.53 Å². The summed E-state index contributed by atoms with van der Waals surface area (Å²) >= 11 is 2.02. The molecule has 1 fully saturated rings. The Hall–Kier alpha value is -0.0200. The molecule has 0 saturated carbocycles. The molecule has 0 unspecified atom stereocenters. The van der Waals surface area contributed by atoms with Crippen LogP contribution in [0.15, 0.2) is 0 Å². The molecule has 0 bridgehead atoms. The van der Waals surface area contributed by atoms with E-state index in [9.17, 15) is 4.79 Å². The van der Waals surface area contributed by atoms with Crippen LogP contribution in [0.4, 0.5) is 0 Å². The highest BCUT2D eigenvalue weighted by Crippen LogP contribution is 2.25. The van der Waals surface area contributed by atoms with Gasteiger partial charge in [-0.2, -0.15) is 11.8 Å². The summed E-state index contributed by atoms with van der Waals surface area (Å²) in [6.45, 7) is 0.715. The summed E-state index contributed by atoms with van der Waals surface area (Å²) in [4.78, 5) is 11.5. The van der Waals surface area contributed by atoms with Crippen LogP contribution in [0.1, 0.15) is 32.1 Å². The van der Waals surface area contributed by atoms with E-state index in [1.165, 1.54) is 24.3 Å². The molecule has 0 radical (unpaired) electrons. The number of Topliss-reactive ketones (excluding diaryl/α,β-unsaturated/α-hetero) is 1. The van der Waals surface area contributed by atoms with Gasteiger partial charge in [0.05, 0.1) is 0 Å². The van der Waals surface area contributed by atoms with Gasteiger partial charge in [-0.3, -0.25) is 4.79 Å². The van der Waals surface area contributed by atoms with Gasteiger partial charge in [-0.1, -0.05) is 0 Å². The van der Waals surface area contributed by atoms with Gasteiger partial charge < -0.3 is 4.74 Å². The zero-order valence-electron chi connectivity index (χ0n) is 8.96. The maximum absolute atomic E-state index is 11.5. The van der Waals surface area contributed by atoms with Crippen LogP contribution in [0, 0.1) is 5.92 Å². The molecule has 0 N–H and O–H groups in total. The Morgan fingerprint density at radius 3 is 2.79 bits per heavy atom. The lowest BCUT2D eigenvalue weighted by Crippen LogP contribution is -2.14. The molecule has 14 heavy (non-hydrogen) atoms. The van der Waals surface area contributed by atoms with Crippen molar-refractivity contribution in [1.82, 2.24) is 0 Å². The smallest absolute Gasteiger partial charge is 0.133 e. The molecule has 3 heteroatoms. The van der Waals surface area contributed by atoms with Gasteiger partial charge in [-0.25, -0.2) is 0 Å². The molecule has 1 saturated heterocycles. The summed E-state index contributed by atoms with van der Waals surface area (Å²) in [6, 6.07) is 0. The second-order valence-electron chi connectivity index (χ2n) is 3.89. The number of hydrogen-bond donors (Lipinski definition) is 0. The monoisotopic (exact) mass is 216 g/mol. The van der Waals surface area contributed by atoms with Crippen molar-refractivity contribution in [2.45, 2.75) is 32.1 Å². The topological polar surface area (TPSA) is 26.3 Å². The lowest BCUT2D eigenvalue weighted by molar-refractivity contribution is -0.120. The van der Waals surface area contributed by atoms with Crippen molar-refractivity contribution in [3.8, 4) is 0 Å². The maximum Gasteiger partial charge on any atom is 0.133 e. The van der Waals surface area contributed by atoms with Crippen LogP contribution in [-0.2, 0) is 9.53 Å². The molecule has 82 valence electrons. The molecule has 1 aliphatic heterocycles. The maximum atomic E-state index is 11.5. The minimum absolute atomic E-state index is 0.430. The average Bonchev–Trinajstić information content (AvgIpc) is 2.20.